The zero-order valence-corrected chi connectivity index (χ0v) is 21.0. The molecule has 1 amide bonds. The number of hydrogen-bond acceptors (Lipinski definition) is 4. The average Bonchev–Trinajstić information content (AvgIpc) is 2.83. The second kappa shape index (κ2) is 11.2. The Morgan fingerprint density at radius 1 is 1.06 bits per heavy atom. The fourth-order valence-electron chi connectivity index (χ4n) is 3.44. The van der Waals surface area contributed by atoms with Crippen LogP contribution in [0.25, 0.3) is 0 Å². The van der Waals surface area contributed by atoms with Gasteiger partial charge in [-0.1, -0.05) is 41.9 Å². The standard InChI is InChI=1S/C25H24ClF3N2O4S/c1-3-35-20-12-9-18(10-13-20)17(2)30-24(32)16-31(36(33,34)21-7-5-4-6-8-21)19-11-14-23(26)22(15-19)25(27,28)29/h4-15,17H,3,16H2,1-2H3,(H,30,32)/t17-/m1/s1. The van der Waals surface area contributed by atoms with Crippen LogP contribution in [0, 0.1) is 0 Å². The summed E-state index contributed by atoms with van der Waals surface area (Å²) in [6.45, 7) is 3.30. The normalized spacial score (nSPS) is 12.6. The molecule has 11 heteroatoms. The van der Waals surface area contributed by atoms with E-state index in [0.717, 1.165) is 17.7 Å². The van der Waals surface area contributed by atoms with E-state index in [4.69, 9.17) is 16.3 Å². The first-order valence-corrected chi connectivity index (χ1v) is 12.7. The number of nitrogens with one attached hydrogen (secondary N) is 1. The van der Waals surface area contributed by atoms with Crippen LogP contribution in [0.2, 0.25) is 5.02 Å². The molecule has 1 atom stereocenters. The Balaban J connectivity index is 1.92. The molecule has 36 heavy (non-hydrogen) atoms. The minimum atomic E-state index is -4.82. The Morgan fingerprint density at radius 3 is 2.28 bits per heavy atom. The van der Waals surface area contributed by atoms with Gasteiger partial charge < -0.3 is 10.1 Å². The van der Waals surface area contributed by atoms with Crippen molar-refractivity contribution in [2.45, 2.75) is 31.0 Å². The van der Waals surface area contributed by atoms with Crippen molar-refractivity contribution in [3.05, 3.63) is 88.9 Å². The first kappa shape index (κ1) is 27.3. The molecule has 0 aliphatic rings. The van der Waals surface area contributed by atoms with Crippen molar-refractivity contribution in [1.29, 1.82) is 0 Å². The number of alkyl halides is 3. The highest BCUT2D eigenvalue weighted by molar-refractivity contribution is 7.92. The molecule has 1 N–H and O–H groups in total. The lowest BCUT2D eigenvalue weighted by Crippen LogP contribution is -2.41. The van der Waals surface area contributed by atoms with Crippen LogP contribution in [-0.4, -0.2) is 27.5 Å². The number of halogens is 4. The van der Waals surface area contributed by atoms with E-state index in [9.17, 15) is 26.4 Å². The van der Waals surface area contributed by atoms with Crippen molar-refractivity contribution in [3.8, 4) is 5.75 Å². The summed E-state index contributed by atoms with van der Waals surface area (Å²) in [5, 5.41) is 2.11. The molecule has 3 aromatic carbocycles. The van der Waals surface area contributed by atoms with E-state index in [2.05, 4.69) is 5.32 Å². The molecule has 0 aromatic heterocycles. The molecular weight excluding hydrogens is 517 g/mol. The molecule has 0 bridgehead atoms. The van der Waals surface area contributed by atoms with Crippen molar-refractivity contribution < 1.29 is 31.1 Å². The number of rotatable bonds is 9. The lowest BCUT2D eigenvalue weighted by Gasteiger charge is -2.26. The molecule has 0 saturated heterocycles. The fourth-order valence-corrected chi connectivity index (χ4v) is 5.10. The van der Waals surface area contributed by atoms with Gasteiger partial charge in [0.2, 0.25) is 5.91 Å². The molecule has 3 aromatic rings. The van der Waals surface area contributed by atoms with E-state index in [0.29, 0.717) is 22.7 Å². The number of anilines is 1. The molecule has 0 radical (unpaired) electrons. The number of benzene rings is 3. The maximum Gasteiger partial charge on any atom is 0.417 e. The summed E-state index contributed by atoms with van der Waals surface area (Å²) in [7, 11) is -4.39. The maximum atomic E-state index is 13.5. The van der Waals surface area contributed by atoms with E-state index < -0.39 is 45.3 Å². The summed E-state index contributed by atoms with van der Waals surface area (Å²) >= 11 is 5.71. The van der Waals surface area contributed by atoms with Gasteiger partial charge >= 0.3 is 6.18 Å². The van der Waals surface area contributed by atoms with Crippen molar-refractivity contribution in [2.75, 3.05) is 17.5 Å². The third kappa shape index (κ3) is 6.50. The van der Waals surface area contributed by atoms with E-state index in [1.807, 2.05) is 6.92 Å². The molecule has 6 nitrogen and oxygen atoms in total. The number of ether oxygens (including phenoxy) is 1. The molecule has 0 saturated carbocycles. The molecule has 0 fully saturated rings. The number of carbonyl (C=O) groups excluding carboxylic acids is 1. The van der Waals surface area contributed by atoms with Gasteiger partial charge in [0.25, 0.3) is 10.0 Å². The van der Waals surface area contributed by atoms with Crippen LogP contribution in [0.3, 0.4) is 0 Å². The van der Waals surface area contributed by atoms with Crippen molar-refractivity contribution in [2.24, 2.45) is 0 Å². The molecule has 3 rings (SSSR count). The van der Waals surface area contributed by atoms with Crippen molar-refractivity contribution in [1.82, 2.24) is 5.32 Å². The Hall–Kier alpha value is -3.24. The van der Waals surface area contributed by atoms with E-state index in [1.54, 1.807) is 37.3 Å². The van der Waals surface area contributed by atoms with Crippen LogP contribution >= 0.6 is 11.6 Å². The van der Waals surface area contributed by atoms with E-state index in [1.165, 1.54) is 24.3 Å². The number of nitrogens with zero attached hydrogens (tertiary/aromatic N) is 1. The zero-order valence-electron chi connectivity index (χ0n) is 19.4. The quantitative estimate of drug-likeness (QED) is 0.370. The third-order valence-electron chi connectivity index (χ3n) is 5.23. The minimum Gasteiger partial charge on any atom is -0.494 e. The second-order valence-corrected chi connectivity index (χ2v) is 10.0. The van der Waals surface area contributed by atoms with E-state index in [-0.39, 0.29) is 10.6 Å². The lowest BCUT2D eigenvalue weighted by atomic mass is 10.1. The number of sulfonamides is 1. The lowest BCUT2D eigenvalue weighted by molar-refractivity contribution is -0.137. The topological polar surface area (TPSA) is 75.7 Å². The van der Waals surface area contributed by atoms with Gasteiger partial charge in [0.1, 0.15) is 12.3 Å². The summed E-state index contributed by atoms with van der Waals surface area (Å²) in [4.78, 5) is 12.7. The molecule has 0 aliphatic heterocycles. The Kier molecular flexibility index (Phi) is 8.52. The van der Waals surface area contributed by atoms with Crippen LogP contribution < -0.4 is 14.4 Å². The Labute approximate surface area is 212 Å². The fraction of sp³-hybridized carbons (Fsp3) is 0.240. The van der Waals surface area contributed by atoms with Gasteiger partial charge in [-0.3, -0.25) is 9.10 Å². The van der Waals surface area contributed by atoms with E-state index >= 15 is 0 Å². The number of hydrogen-bond donors (Lipinski definition) is 1. The first-order valence-electron chi connectivity index (χ1n) is 10.9. The number of amides is 1. The highest BCUT2D eigenvalue weighted by Gasteiger charge is 2.35. The number of carbonyl (C=O) groups is 1. The largest absolute Gasteiger partial charge is 0.494 e. The van der Waals surface area contributed by atoms with Gasteiger partial charge in [0.15, 0.2) is 0 Å². The highest BCUT2D eigenvalue weighted by Crippen LogP contribution is 2.38. The van der Waals surface area contributed by atoms with Crippen molar-refractivity contribution in [3.63, 3.8) is 0 Å². The molecule has 0 heterocycles. The molecule has 0 unspecified atom stereocenters. The molecule has 0 spiro atoms. The summed E-state index contributed by atoms with van der Waals surface area (Å²) in [6, 6.07) is 16.3. The first-order chi connectivity index (χ1) is 16.9. The van der Waals surface area contributed by atoms with Crippen LogP contribution in [0.5, 0.6) is 5.75 Å². The second-order valence-electron chi connectivity index (χ2n) is 7.78. The predicted octanol–water partition coefficient (Wildman–Crippen LogP) is 5.83. The summed E-state index contributed by atoms with van der Waals surface area (Å²) < 4.78 is 73.2. The highest BCUT2D eigenvalue weighted by atomic mass is 35.5. The summed E-state index contributed by atoms with van der Waals surface area (Å²) in [5.41, 5.74) is -0.826. The van der Waals surface area contributed by atoms with Crippen LogP contribution in [-0.2, 0) is 21.0 Å². The third-order valence-corrected chi connectivity index (χ3v) is 7.35. The Morgan fingerprint density at radius 2 is 1.69 bits per heavy atom. The average molecular weight is 541 g/mol. The van der Waals surface area contributed by atoms with Crippen LogP contribution in [0.15, 0.2) is 77.7 Å². The minimum absolute atomic E-state index is 0.180. The van der Waals surface area contributed by atoms with Gasteiger partial charge in [-0.05, 0) is 61.9 Å². The smallest absolute Gasteiger partial charge is 0.417 e. The van der Waals surface area contributed by atoms with Crippen LogP contribution in [0.1, 0.15) is 31.0 Å². The predicted molar refractivity (Wildman–Crippen MR) is 132 cm³/mol. The van der Waals surface area contributed by atoms with Crippen LogP contribution in [0.4, 0.5) is 18.9 Å². The SMILES string of the molecule is CCOc1ccc([C@@H](C)NC(=O)CN(c2ccc(Cl)c(C(F)(F)F)c2)S(=O)(=O)c2ccccc2)cc1. The van der Waals surface area contributed by atoms with Gasteiger partial charge in [-0.15, -0.1) is 0 Å². The Bertz CT molecular complexity index is 1300. The summed E-state index contributed by atoms with van der Waals surface area (Å²) in [5.74, 6) is -0.0532. The summed E-state index contributed by atoms with van der Waals surface area (Å²) in [6.07, 6.45) is -4.82. The van der Waals surface area contributed by atoms with Gasteiger partial charge in [0.05, 0.1) is 33.8 Å². The monoisotopic (exact) mass is 540 g/mol. The zero-order chi connectivity index (χ0) is 26.5. The van der Waals surface area contributed by atoms with Gasteiger partial charge in [-0.25, -0.2) is 8.42 Å². The van der Waals surface area contributed by atoms with Crippen molar-refractivity contribution >= 4 is 33.2 Å². The molecule has 192 valence electrons. The van der Waals surface area contributed by atoms with Gasteiger partial charge in [0, 0.05) is 0 Å². The van der Waals surface area contributed by atoms with Gasteiger partial charge in [-0.2, -0.15) is 13.2 Å². The molecule has 0 aliphatic carbocycles. The maximum absolute atomic E-state index is 13.5. The molecular formula is C25H24ClF3N2O4S.